The molecule has 6 heteroatoms. The predicted molar refractivity (Wildman–Crippen MR) is 95.8 cm³/mol. The van der Waals surface area contributed by atoms with Crippen LogP contribution in [-0.4, -0.2) is 15.9 Å². The highest BCUT2D eigenvalue weighted by atomic mass is 35.6. The maximum Gasteiger partial charge on any atom is 0.228 e. The number of carbonyl (C=O) groups excluding carboxylic acids is 1. The number of aryl methyl sites for hydroxylation is 1. The molecule has 1 rings (SSSR count). The van der Waals surface area contributed by atoms with E-state index in [-0.39, 0.29) is 5.91 Å². The molecule has 1 aromatic carbocycles. The van der Waals surface area contributed by atoms with Gasteiger partial charge in [-0.3, -0.25) is 4.79 Å². The topological polar surface area (TPSA) is 41.1 Å². The second-order valence-electron chi connectivity index (χ2n) is 5.31. The van der Waals surface area contributed by atoms with Gasteiger partial charge in [-0.05, 0) is 25.0 Å². The minimum absolute atomic E-state index is 0.117. The van der Waals surface area contributed by atoms with E-state index in [1.807, 2.05) is 31.2 Å². The van der Waals surface area contributed by atoms with Crippen molar-refractivity contribution in [3.63, 3.8) is 0 Å². The van der Waals surface area contributed by atoms with Gasteiger partial charge in [0.05, 0.1) is 0 Å². The van der Waals surface area contributed by atoms with Crippen molar-refractivity contribution in [2.24, 2.45) is 0 Å². The van der Waals surface area contributed by atoms with Crippen LogP contribution in [0.1, 0.15) is 44.6 Å². The summed E-state index contributed by atoms with van der Waals surface area (Å²) in [7, 11) is 0. The molecule has 3 nitrogen and oxygen atoms in total. The molecule has 1 atom stereocenters. The number of carbonyl (C=O) groups is 1. The van der Waals surface area contributed by atoms with Gasteiger partial charge in [-0.15, -0.1) is 0 Å². The summed E-state index contributed by atoms with van der Waals surface area (Å²) in [6.07, 6.45) is 3.80. The van der Waals surface area contributed by atoms with E-state index in [4.69, 9.17) is 34.8 Å². The van der Waals surface area contributed by atoms with Crippen LogP contribution in [0.2, 0.25) is 0 Å². The van der Waals surface area contributed by atoms with Crippen LogP contribution in [0.5, 0.6) is 0 Å². The van der Waals surface area contributed by atoms with Crippen molar-refractivity contribution in [1.82, 2.24) is 5.32 Å². The van der Waals surface area contributed by atoms with Gasteiger partial charge in [0.15, 0.2) is 0 Å². The Balaban J connectivity index is 2.62. The zero-order valence-electron chi connectivity index (χ0n) is 13.0. The number of hydrogen-bond donors (Lipinski definition) is 2. The average Bonchev–Trinajstić information content (AvgIpc) is 2.44. The van der Waals surface area contributed by atoms with E-state index in [1.54, 1.807) is 0 Å². The standard InChI is InChI=1S/C16H23Cl3N2O/c1-3-4-5-6-11-14(22)21-15(16(17,18)19)20-13-10-8-7-9-12(13)2/h7-10,15,20H,3-6,11H2,1-2H3,(H,21,22)/t15-/m1/s1. The molecule has 0 radical (unpaired) electrons. The Morgan fingerprint density at radius 3 is 2.45 bits per heavy atom. The minimum atomic E-state index is -1.64. The lowest BCUT2D eigenvalue weighted by atomic mass is 10.1. The van der Waals surface area contributed by atoms with Crippen molar-refractivity contribution in [3.8, 4) is 0 Å². The summed E-state index contributed by atoms with van der Waals surface area (Å²) in [6.45, 7) is 4.08. The number of rotatable bonds is 8. The van der Waals surface area contributed by atoms with Gasteiger partial charge in [-0.1, -0.05) is 79.2 Å². The summed E-state index contributed by atoms with van der Waals surface area (Å²) in [6, 6.07) is 7.64. The van der Waals surface area contributed by atoms with Crippen LogP contribution in [0.4, 0.5) is 5.69 Å². The minimum Gasteiger partial charge on any atom is -0.362 e. The summed E-state index contributed by atoms with van der Waals surface area (Å²) < 4.78 is -1.64. The second kappa shape index (κ2) is 9.49. The van der Waals surface area contributed by atoms with E-state index in [0.717, 1.165) is 36.9 Å². The Morgan fingerprint density at radius 1 is 1.18 bits per heavy atom. The SMILES string of the molecule is CCCCCCC(=O)N[C@@H](Nc1ccccc1C)C(Cl)(Cl)Cl. The van der Waals surface area contributed by atoms with Crippen molar-refractivity contribution in [2.45, 2.75) is 55.9 Å². The molecular formula is C16H23Cl3N2O. The maximum atomic E-state index is 12.0. The van der Waals surface area contributed by atoms with Gasteiger partial charge >= 0.3 is 0 Å². The molecule has 22 heavy (non-hydrogen) atoms. The molecule has 124 valence electrons. The third-order valence-corrected chi connectivity index (χ3v) is 3.99. The van der Waals surface area contributed by atoms with Crippen LogP contribution in [0.3, 0.4) is 0 Å². The van der Waals surface area contributed by atoms with Crippen LogP contribution in [0.25, 0.3) is 0 Å². The first-order chi connectivity index (χ1) is 10.3. The van der Waals surface area contributed by atoms with Crippen LogP contribution in [0, 0.1) is 6.92 Å². The summed E-state index contributed by atoms with van der Waals surface area (Å²) in [5, 5.41) is 5.86. The highest BCUT2D eigenvalue weighted by Gasteiger charge is 2.34. The lowest BCUT2D eigenvalue weighted by molar-refractivity contribution is -0.121. The van der Waals surface area contributed by atoms with E-state index in [9.17, 15) is 4.79 Å². The van der Waals surface area contributed by atoms with Gasteiger partial charge in [0.1, 0.15) is 6.17 Å². The molecule has 1 amide bonds. The normalized spacial score (nSPS) is 12.8. The first-order valence-electron chi connectivity index (χ1n) is 7.53. The number of benzene rings is 1. The highest BCUT2D eigenvalue weighted by Crippen LogP contribution is 2.31. The van der Waals surface area contributed by atoms with Gasteiger partial charge in [-0.25, -0.2) is 0 Å². The Labute approximate surface area is 147 Å². The number of amides is 1. The predicted octanol–water partition coefficient (Wildman–Crippen LogP) is 5.19. The fourth-order valence-electron chi connectivity index (χ4n) is 2.04. The molecule has 0 heterocycles. The Bertz CT molecular complexity index is 475. The molecule has 0 saturated carbocycles. The molecule has 0 aromatic heterocycles. The number of hydrogen-bond acceptors (Lipinski definition) is 2. The van der Waals surface area contributed by atoms with Gasteiger partial charge in [-0.2, -0.15) is 0 Å². The molecule has 0 unspecified atom stereocenters. The molecule has 0 saturated heterocycles. The highest BCUT2D eigenvalue weighted by molar-refractivity contribution is 6.68. The van der Waals surface area contributed by atoms with E-state index >= 15 is 0 Å². The van der Waals surface area contributed by atoms with Crippen LogP contribution >= 0.6 is 34.8 Å². The average molecular weight is 366 g/mol. The van der Waals surface area contributed by atoms with Crippen LogP contribution in [0.15, 0.2) is 24.3 Å². The third kappa shape index (κ3) is 7.08. The quantitative estimate of drug-likeness (QED) is 0.378. The zero-order chi connectivity index (χ0) is 16.6. The second-order valence-corrected chi connectivity index (χ2v) is 7.68. The molecule has 0 fully saturated rings. The van der Waals surface area contributed by atoms with Gasteiger partial charge in [0.2, 0.25) is 9.70 Å². The van der Waals surface area contributed by atoms with E-state index in [1.165, 1.54) is 0 Å². The Hall–Kier alpha value is -0.640. The van der Waals surface area contributed by atoms with Crippen molar-refractivity contribution in [2.75, 3.05) is 5.32 Å². The fraction of sp³-hybridized carbons (Fsp3) is 0.562. The molecule has 0 aliphatic heterocycles. The molecule has 0 aliphatic carbocycles. The molecule has 1 aromatic rings. The van der Waals surface area contributed by atoms with E-state index < -0.39 is 9.96 Å². The molecule has 0 aliphatic rings. The van der Waals surface area contributed by atoms with Crippen LogP contribution < -0.4 is 10.6 Å². The monoisotopic (exact) mass is 364 g/mol. The number of unbranched alkanes of at least 4 members (excludes halogenated alkanes) is 3. The van der Waals surface area contributed by atoms with Crippen molar-refractivity contribution in [3.05, 3.63) is 29.8 Å². The van der Waals surface area contributed by atoms with Crippen LogP contribution in [-0.2, 0) is 4.79 Å². The first kappa shape index (κ1) is 19.4. The van der Waals surface area contributed by atoms with Gasteiger partial charge in [0.25, 0.3) is 0 Å². The van der Waals surface area contributed by atoms with Crippen molar-refractivity contribution in [1.29, 1.82) is 0 Å². The lowest BCUT2D eigenvalue weighted by Crippen LogP contribution is -2.49. The fourth-order valence-corrected chi connectivity index (χ4v) is 2.36. The molecular weight excluding hydrogens is 343 g/mol. The number of alkyl halides is 3. The summed E-state index contributed by atoms with van der Waals surface area (Å²) in [5.41, 5.74) is 1.84. The summed E-state index contributed by atoms with van der Waals surface area (Å²) >= 11 is 17.9. The van der Waals surface area contributed by atoms with E-state index in [0.29, 0.717) is 6.42 Å². The third-order valence-electron chi connectivity index (χ3n) is 3.33. The van der Waals surface area contributed by atoms with Crippen molar-refractivity contribution < 1.29 is 4.79 Å². The number of halogens is 3. The first-order valence-corrected chi connectivity index (χ1v) is 8.66. The van der Waals surface area contributed by atoms with E-state index in [2.05, 4.69) is 17.6 Å². The van der Waals surface area contributed by atoms with Crippen molar-refractivity contribution >= 4 is 46.4 Å². The smallest absolute Gasteiger partial charge is 0.228 e. The molecule has 0 spiro atoms. The lowest BCUT2D eigenvalue weighted by Gasteiger charge is -2.28. The van der Waals surface area contributed by atoms with Gasteiger partial charge in [0, 0.05) is 12.1 Å². The number of nitrogens with one attached hydrogen (secondary N) is 2. The zero-order valence-corrected chi connectivity index (χ0v) is 15.2. The Kier molecular flexibility index (Phi) is 8.37. The molecule has 0 bridgehead atoms. The number of anilines is 1. The maximum absolute atomic E-state index is 12.0. The summed E-state index contributed by atoms with van der Waals surface area (Å²) in [5.74, 6) is -0.117. The summed E-state index contributed by atoms with van der Waals surface area (Å²) in [4.78, 5) is 12.0. The Morgan fingerprint density at radius 2 is 1.86 bits per heavy atom. The number of para-hydroxylation sites is 1. The van der Waals surface area contributed by atoms with Gasteiger partial charge < -0.3 is 10.6 Å². The molecule has 2 N–H and O–H groups in total. The largest absolute Gasteiger partial charge is 0.362 e.